The number of hydrogen-bond acceptors (Lipinski definition) is 6. The normalized spacial score (nSPS) is 22.2. The number of unbranched alkanes of at least 4 members (excludes halogenated alkanes) is 1. The van der Waals surface area contributed by atoms with Crippen LogP contribution in [0.2, 0.25) is 5.02 Å². The molecule has 2 saturated heterocycles. The van der Waals surface area contributed by atoms with Gasteiger partial charge in [-0.05, 0) is 31.5 Å². The smallest absolute Gasteiger partial charge is 0.325 e. The highest BCUT2D eigenvalue weighted by Crippen LogP contribution is 2.28. The van der Waals surface area contributed by atoms with Crippen LogP contribution in [-0.4, -0.2) is 73.9 Å². The van der Waals surface area contributed by atoms with Gasteiger partial charge in [-0.3, -0.25) is 14.5 Å². The zero-order valence-corrected chi connectivity index (χ0v) is 19.6. The van der Waals surface area contributed by atoms with Crippen molar-refractivity contribution >= 4 is 45.2 Å². The Morgan fingerprint density at radius 3 is 2.62 bits per heavy atom. The number of morpholine rings is 1. The maximum Gasteiger partial charge on any atom is 0.325 e. The molecule has 0 aromatic heterocycles. The number of urea groups is 1. The van der Waals surface area contributed by atoms with Crippen LogP contribution in [0, 0.1) is 0 Å². The van der Waals surface area contributed by atoms with E-state index in [0.717, 1.165) is 17.7 Å². The molecule has 32 heavy (non-hydrogen) atoms. The molecule has 2 fully saturated rings. The molecule has 0 unspecified atom stereocenters. The summed E-state index contributed by atoms with van der Waals surface area (Å²) in [6, 6.07) is 3.36. The van der Waals surface area contributed by atoms with E-state index in [1.807, 2.05) is 6.92 Å². The SMILES string of the molecule is CCCC[C@]1(C)NC(=O)N(CC(=O)Nc2cc(S(=O)(=O)N3CCOCC3)ccc2Cl)C1=O. The van der Waals surface area contributed by atoms with Crippen molar-refractivity contribution in [3.8, 4) is 0 Å². The zero-order chi connectivity index (χ0) is 23.5. The van der Waals surface area contributed by atoms with Crippen molar-refractivity contribution in [2.24, 2.45) is 0 Å². The predicted molar refractivity (Wildman–Crippen MR) is 118 cm³/mol. The minimum atomic E-state index is -3.79. The van der Waals surface area contributed by atoms with Crippen LogP contribution in [0.25, 0.3) is 0 Å². The minimum absolute atomic E-state index is 0.0266. The molecule has 2 N–H and O–H groups in total. The number of sulfonamides is 1. The Hall–Kier alpha value is -2.21. The second-order valence-electron chi connectivity index (χ2n) is 7.96. The lowest BCUT2D eigenvalue weighted by atomic mass is 9.95. The molecule has 4 amide bonds. The van der Waals surface area contributed by atoms with Crippen molar-refractivity contribution in [3.05, 3.63) is 23.2 Å². The fourth-order valence-electron chi connectivity index (χ4n) is 3.62. The second kappa shape index (κ2) is 9.74. The number of carbonyl (C=O) groups is 3. The number of ether oxygens (including phenoxy) is 1. The summed E-state index contributed by atoms with van der Waals surface area (Å²) in [5.41, 5.74) is -0.969. The van der Waals surface area contributed by atoms with Crippen LogP contribution in [-0.2, 0) is 24.3 Å². The molecule has 176 valence electrons. The summed E-state index contributed by atoms with van der Waals surface area (Å²) in [5.74, 6) is -1.14. The van der Waals surface area contributed by atoms with Crippen LogP contribution in [0.5, 0.6) is 0 Å². The molecule has 12 heteroatoms. The van der Waals surface area contributed by atoms with Gasteiger partial charge in [0.2, 0.25) is 15.9 Å². The molecule has 0 aliphatic carbocycles. The quantitative estimate of drug-likeness (QED) is 0.540. The maximum absolute atomic E-state index is 12.9. The van der Waals surface area contributed by atoms with Crippen LogP contribution < -0.4 is 10.6 Å². The van der Waals surface area contributed by atoms with Gasteiger partial charge in [-0.1, -0.05) is 31.4 Å². The summed E-state index contributed by atoms with van der Waals surface area (Å²) in [7, 11) is -3.79. The molecule has 0 saturated carbocycles. The summed E-state index contributed by atoms with van der Waals surface area (Å²) in [4.78, 5) is 38.4. The molecule has 2 heterocycles. The highest BCUT2D eigenvalue weighted by molar-refractivity contribution is 7.89. The lowest BCUT2D eigenvalue weighted by molar-refractivity contribution is -0.133. The Labute approximate surface area is 192 Å². The van der Waals surface area contributed by atoms with Gasteiger partial charge in [0.1, 0.15) is 12.1 Å². The first-order chi connectivity index (χ1) is 15.1. The monoisotopic (exact) mass is 486 g/mol. The van der Waals surface area contributed by atoms with Gasteiger partial charge in [-0.25, -0.2) is 13.2 Å². The number of imide groups is 1. The maximum atomic E-state index is 12.9. The molecular formula is C20H27ClN4O6S. The summed E-state index contributed by atoms with van der Waals surface area (Å²) < 4.78 is 32.2. The molecule has 3 rings (SSSR count). The summed E-state index contributed by atoms with van der Waals surface area (Å²) in [5, 5.41) is 5.29. The zero-order valence-electron chi connectivity index (χ0n) is 18.0. The molecule has 0 spiro atoms. The Morgan fingerprint density at radius 1 is 1.28 bits per heavy atom. The number of hydrogen-bond donors (Lipinski definition) is 2. The number of nitrogens with zero attached hydrogens (tertiary/aromatic N) is 2. The van der Waals surface area contributed by atoms with Gasteiger partial charge in [0.25, 0.3) is 5.91 Å². The number of benzene rings is 1. The van der Waals surface area contributed by atoms with Crippen molar-refractivity contribution < 1.29 is 27.5 Å². The Bertz CT molecular complexity index is 1010. The Balaban J connectivity index is 1.72. The molecule has 1 atom stereocenters. The lowest BCUT2D eigenvalue weighted by Crippen LogP contribution is -2.44. The first kappa shape index (κ1) is 24.4. The van der Waals surface area contributed by atoms with Crippen molar-refractivity contribution in [1.82, 2.24) is 14.5 Å². The van der Waals surface area contributed by atoms with Gasteiger partial charge >= 0.3 is 6.03 Å². The molecule has 10 nitrogen and oxygen atoms in total. The van der Waals surface area contributed by atoms with Gasteiger partial charge in [0.05, 0.1) is 28.8 Å². The van der Waals surface area contributed by atoms with E-state index < -0.39 is 40.0 Å². The predicted octanol–water partition coefficient (Wildman–Crippen LogP) is 1.80. The number of rotatable bonds is 8. The first-order valence-corrected chi connectivity index (χ1v) is 12.2. The lowest BCUT2D eigenvalue weighted by Gasteiger charge is -2.26. The van der Waals surface area contributed by atoms with Gasteiger partial charge in [0.15, 0.2) is 0 Å². The molecule has 2 aliphatic heterocycles. The van der Waals surface area contributed by atoms with Crippen molar-refractivity contribution in [1.29, 1.82) is 0 Å². The second-order valence-corrected chi connectivity index (χ2v) is 10.3. The fraction of sp³-hybridized carbons (Fsp3) is 0.550. The number of carbonyl (C=O) groups excluding carboxylic acids is 3. The first-order valence-electron chi connectivity index (χ1n) is 10.4. The Morgan fingerprint density at radius 2 is 1.97 bits per heavy atom. The largest absolute Gasteiger partial charge is 0.379 e. The number of nitrogens with one attached hydrogen (secondary N) is 2. The van der Waals surface area contributed by atoms with Gasteiger partial charge in [-0.15, -0.1) is 0 Å². The van der Waals surface area contributed by atoms with Crippen LogP contribution in [0.15, 0.2) is 23.1 Å². The van der Waals surface area contributed by atoms with Crippen molar-refractivity contribution in [3.63, 3.8) is 0 Å². The molecular weight excluding hydrogens is 460 g/mol. The molecule has 2 aliphatic rings. The van der Waals surface area contributed by atoms with Gasteiger partial charge < -0.3 is 15.4 Å². The van der Waals surface area contributed by atoms with E-state index in [9.17, 15) is 22.8 Å². The van der Waals surface area contributed by atoms with E-state index in [1.54, 1.807) is 6.92 Å². The minimum Gasteiger partial charge on any atom is -0.379 e. The van der Waals surface area contributed by atoms with E-state index in [2.05, 4.69) is 10.6 Å². The van der Waals surface area contributed by atoms with Gasteiger partial charge in [0, 0.05) is 13.1 Å². The standard InChI is InChI=1S/C20H27ClN4O6S/c1-3-4-7-20(2)18(27)25(19(28)23-20)13-17(26)22-16-12-14(5-6-15(16)21)32(29,30)24-8-10-31-11-9-24/h5-6,12H,3-4,7-11,13H2,1-2H3,(H,22,26)(H,23,28)/t20-/m0/s1. The highest BCUT2D eigenvalue weighted by atomic mass is 35.5. The summed E-state index contributed by atoms with van der Waals surface area (Å²) in [6.07, 6.45) is 2.09. The third kappa shape index (κ3) is 5.06. The average Bonchev–Trinajstić information content (AvgIpc) is 2.97. The van der Waals surface area contributed by atoms with Crippen molar-refractivity contribution in [2.75, 3.05) is 38.2 Å². The Kier molecular flexibility index (Phi) is 7.43. The van der Waals surface area contributed by atoms with Gasteiger partial charge in [-0.2, -0.15) is 4.31 Å². The number of anilines is 1. The number of amides is 4. The van der Waals surface area contributed by atoms with E-state index in [0.29, 0.717) is 19.6 Å². The highest BCUT2D eigenvalue weighted by Gasteiger charge is 2.47. The van der Waals surface area contributed by atoms with Crippen LogP contribution in [0.4, 0.5) is 10.5 Å². The third-order valence-electron chi connectivity index (χ3n) is 5.50. The van der Waals surface area contributed by atoms with Crippen LogP contribution in [0.1, 0.15) is 33.1 Å². The fourth-order valence-corrected chi connectivity index (χ4v) is 5.22. The van der Waals surface area contributed by atoms with E-state index in [1.165, 1.54) is 22.5 Å². The number of halogens is 1. The molecule has 0 radical (unpaired) electrons. The molecule has 0 bridgehead atoms. The van der Waals surface area contributed by atoms with E-state index in [4.69, 9.17) is 16.3 Å². The van der Waals surface area contributed by atoms with Crippen LogP contribution >= 0.6 is 11.6 Å². The summed E-state index contributed by atoms with van der Waals surface area (Å²) in [6.45, 7) is 4.18. The molecule has 1 aromatic carbocycles. The topological polar surface area (TPSA) is 125 Å². The van der Waals surface area contributed by atoms with E-state index in [-0.39, 0.29) is 28.7 Å². The molecule has 1 aromatic rings. The average molecular weight is 487 g/mol. The van der Waals surface area contributed by atoms with Crippen molar-refractivity contribution in [2.45, 2.75) is 43.5 Å². The third-order valence-corrected chi connectivity index (χ3v) is 7.72. The van der Waals surface area contributed by atoms with Crippen LogP contribution in [0.3, 0.4) is 0 Å². The summed E-state index contributed by atoms with van der Waals surface area (Å²) >= 11 is 6.15. The van der Waals surface area contributed by atoms with E-state index >= 15 is 0 Å².